The molecule has 2 atom stereocenters. The Balaban J connectivity index is 4.25. The van der Waals surface area contributed by atoms with Gasteiger partial charge < -0.3 is 24.4 Å². The molecule has 0 spiro atoms. The molecule has 0 aliphatic rings. The van der Waals surface area contributed by atoms with E-state index in [-0.39, 0.29) is 19.4 Å². The van der Waals surface area contributed by atoms with Gasteiger partial charge in [-0.1, -0.05) is 113 Å². The van der Waals surface area contributed by atoms with Crippen LogP contribution in [-0.2, 0) is 28.2 Å². The highest BCUT2D eigenvalue weighted by atomic mass is 31.2. The third kappa shape index (κ3) is 31.0. The topological polar surface area (TPSA) is 140 Å². The molecule has 0 radical (unpaired) electrons. The number of hydrogen-bond acceptors (Lipinski definition) is 7. The van der Waals surface area contributed by atoms with E-state index in [1.54, 1.807) is 6.08 Å². The zero-order valence-corrected chi connectivity index (χ0v) is 27.1. The van der Waals surface area contributed by atoms with E-state index in [4.69, 9.17) is 19.3 Å². The van der Waals surface area contributed by atoms with E-state index in [9.17, 15) is 19.3 Å². The highest BCUT2D eigenvalue weighted by Gasteiger charge is 2.22. The lowest BCUT2D eigenvalue weighted by atomic mass is 10.1. The van der Waals surface area contributed by atoms with Crippen molar-refractivity contribution >= 4 is 19.8 Å². The summed E-state index contributed by atoms with van der Waals surface area (Å²) >= 11 is 0. The average molecular weight is 627 g/mol. The fourth-order valence-corrected chi connectivity index (χ4v) is 4.14. The first kappa shape index (κ1) is 40.7. The molecule has 10 heteroatoms. The van der Waals surface area contributed by atoms with Crippen LogP contribution in [0, 0.1) is 0 Å². The number of ether oxygens (including phenoxy) is 2. The number of aliphatic hydroxyl groups is 1. The maximum absolute atomic E-state index is 12.2. The second-order valence-corrected chi connectivity index (χ2v) is 11.5. The maximum atomic E-state index is 12.2. The van der Waals surface area contributed by atoms with Crippen molar-refractivity contribution in [2.45, 2.75) is 122 Å². The van der Waals surface area contributed by atoms with Gasteiger partial charge in [0.05, 0.1) is 12.7 Å². The van der Waals surface area contributed by atoms with Crippen LogP contribution in [0.3, 0.4) is 0 Å². The summed E-state index contributed by atoms with van der Waals surface area (Å²) in [7, 11) is -4.77. The molecule has 0 aromatic carbocycles. The number of allylic oxidation sites excluding steroid dienone is 8. The SMILES string of the molecule is CC/C=C\C/C=C\CC(O)/C=C/C=C\C/C=C\CCCC(=O)O[C@H](COC(=O)CCCCCCCCC)COP(=O)(O)O. The Bertz CT molecular complexity index is 902. The molecule has 0 aromatic heterocycles. The van der Waals surface area contributed by atoms with Crippen LogP contribution in [-0.4, -0.2) is 52.3 Å². The second-order valence-electron chi connectivity index (χ2n) is 10.3. The second kappa shape index (κ2) is 28.5. The normalized spacial score (nSPS) is 14.1. The predicted molar refractivity (Wildman–Crippen MR) is 171 cm³/mol. The van der Waals surface area contributed by atoms with E-state index in [1.807, 2.05) is 42.5 Å². The Hall–Kier alpha value is -2.29. The van der Waals surface area contributed by atoms with Gasteiger partial charge in [0.25, 0.3) is 0 Å². The van der Waals surface area contributed by atoms with Crippen LogP contribution < -0.4 is 0 Å². The van der Waals surface area contributed by atoms with Crippen LogP contribution in [0.15, 0.2) is 60.8 Å². The van der Waals surface area contributed by atoms with Crippen molar-refractivity contribution in [2.75, 3.05) is 13.2 Å². The lowest BCUT2D eigenvalue weighted by Crippen LogP contribution is -2.29. The van der Waals surface area contributed by atoms with E-state index in [0.717, 1.165) is 32.1 Å². The molecular weight excluding hydrogens is 571 g/mol. The fraction of sp³-hybridized carbons (Fsp3) is 0.636. The molecule has 0 aromatic rings. The van der Waals surface area contributed by atoms with Crippen molar-refractivity contribution in [3.63, 3.8) is 0 Å². The van der Waals surface area contributed by atoms with Gasteiger partial charge in [0.1, 0.15) is 6.61 Å². The molecule has 0 bridgehead atoms. The van der Waals surface area contributed by atoms with Crippen molar-refractivity contribution in [2.24, 2.45) is 0 Å². The van der Waals surface area contributed by atoms with Crippen LogP contribution >= 0.6 is 7.82 Å². The van der Waals surface area contributed by atoms with Crippen LogP contribution in [0.1, 0.15) is 110 Å². The van der Waals surface area contributed by atoms with Gasteiger partial charge in [-0.15, -0.1) is 0 Å². The molecular formula is C33H55O9P. The Morgan fingerprint density at radius 1 is 0.744 bits per heavy atom. The summed E-state index contributed by atoms with van der Waals surface area (Å²) < 4.78 is 26.0. The minimum absolute atomic E-state index is 0.0997. The van der Waals surface area contributed by atoms with Gasteiger partial charge in [-0.05, 0) is 44.9 Å². The Morgan fingerprint density at radius 3 is 2.12 bits per heavy atom. The molecule has 246 valence electrons. The minimum Gasteiger partial charge on any atom is -0.462 e. The van der Waals surface area contributed by atoms with E-state index in [0.29, 0.717) is 32.1 Å². The maximum Gasteiger partial charge on any atom is 0.469 e. The number of phosphoric ester groups is 1. The molecule has 0 aliphatic heterocycles. The van der Waals surface area contributed by atoms with E-state index in [1.165, 1.54) is 19.3 Å². The Kier molecular flexibility index (Phi) is 27.0. The first-order chi connectivity index (χ1) is 20.7. The summed E-state index contributed by atoms with van der Waals surface area (Å²) in [6.07, 6.45) is 30.1. The molecule has 0 rings (SSSR count). The number of carbonyl (C=O) groups is 2. The summed E-state index contributed by atoms with van der Waals surface area (Å²) in [6.45, 7) is 3.35. The van der Waals surface area contributed by atoms with Gasteiger partial charge in [-0.2, -0.15) is 0 Å². The van der Waals surface area contributed by atoms with Gasteiger partial charge >= 0.3 is 19.8 Å². The van der Waals surface area contributed by atoms with Gasteiger partial charge in [-0.3, -0.25) is 14.1 Å². The molecule has 0 aliphatic carbocycles. The third-order valence-corrected chi connectivity index (χ3v) is 6.62. The first-order valence-corrected chi connectivity index (χ1v) is 17.2. The lowest BCUT2D eigenvalue weighted by molar-refractivity contribution is -0.161. The predicted octanol–water partition coefficient (Wildman–Crippen LogP) is 7.58. The number of phosphoric acid groups is 1. The molecule has 9 nitrogen and oxygen atoms in total. The van der Waals surface area contributed by atoms with E-state index in [2.05, 4.69) is 30.5 Å². The average Bonchev–Trinajstić information content (AvgIpc) is 2.96. The van der Waals surface area contributed by atoms with E-state index < -0.39 is 38.6 Å². The number of carbonyl (C=O) groups excluding carboxylic acids is 2. The molecule has 3 N–H and O–H groups in total. The van der Waals surface area contributed by atoms with Crippen molar-refractivity contribution in [3.8, 4) is 0 Å². The van der Waals surface area contributed by atoms with Crippen molar-refractivity contribution in [1.29, 1.82) is 0 Å². The zero-order chi connectivity index (χ0) is 32.0. The van der Waals surface area contributed by atoms with Crippen molar-refractivity contribution in [1.82, 2.24) is 0 Å². The van der Waals surface area contributed by atoms with Gasteiger partial charge in [0, 0.05) is 12.8 Å². The Morgan fingerprint density at radius 2 is 1.40 bits per heavy atom. The van der Waals surface area contributed by atoms with Crippen LogP contribution in [0.25, 0.3) is 0 Å². The first-order valence-electron chi connectivity index (χ1n) is 15.7. The van der Waals surface area contributed by atoms with Crippen molar-refractivity contribution < 1.29 is 43.0 Å². The standard InChI is InChI=1S/C33H55O9P/c1-3-5-7-9-13-18-22-26-32(35)40-28-31(29-41-43(37,38)39)42-33(36)27-23-19-15-12-11-14-17-21-25-30(34)24-20-16-10-8-6-4-2/h6,8,12,14-17,20-21,25,30-31,34H,3-5,7,9-11,13,18-19,22-24,26-29H2,1-2H3,(H2,37,38,39)/b8-6-,15-12-,17-14-,20-16-,25-21+/t30?,31-/m1/s1. The molecule has 1 unspecified atom stereocenters. The molecule has 0 fully saturated rings. The smallest absolute Gasteiger partial charge is 0.462 e. The highest BCUT2D eigenvalue weighted by molar-refractivity contribution is 7.46. The number of aliphatic hydroxyl groups excluding tert-OH is 1. The van der Waals surface area contributed by atoms with Crippen LogP contribution in [0.5, 0.6) is 0 Å². The summed E-state index contributed by atoms with van der Waals surface area (Å²) in [5.74, 6) is -1.01. The quantitative estimate of drug-likeness (QED) is 0.0277. The molecule has 0 saturated heterocycles. The summed E-state index contributed by atoms with van der Waals surface area (Å²) in [5.41, 5.74) is 0. The van der Waals surface area contributed by atoms with Crippen molar-refractivity contribution in [3.05, 3.63) is 60.8 Å². The number of hydrogen-bond donors (Lipinski definition) is 3. The minimum atomic E-state index is -4.77. The lowest BCUT2D eigenvalue weighted by Gasteiger charge is -2.18. The van der Waals surface area contributed by atoms with Gasteiger partial charge in [-0.25, -0.2) is 4.57 Å². The van der Waals surface area contributed by atoms with Gasteiger partial charge in [0.2, 0.25) is 0 Å². The molecule has 0 heterocycles. The largest absolute Gasteiger partial charge is 0.469 e. The molecule has 43 heavy (non-hydrogen) atoms. The summed E-state index contributed by atoms with van der Waals surface area (Å²) in [5, 5.41) is 9.93. The van der Waals surface area contributed by atoms with Crippen LogP contribution in [0.2, 0.25) is 0 Å². The van der Waals surface area contributed by atoms with Crippen LogP contribution in [0.4, 0.5) is 0 Å². The molecule has 0 amide bonds. The zero-order valence-electron chi connectivity index (χ0n) is 26.2. The monoisotopic (exact) mass is 626 g/mol. The number of rotatable bonds is 27. The summed E-state index contributed by atoms with van der Waals surface area (Å²) in [6, 6.07) is 0. The fourth-order valence-electron chi connectivity index (χ4n) is 3.78. The number of unbranched alkanes of at least 4 members (excludes halogenated alkanes) is 7. The third-order valence-electron chi connectivity index (χ3n) is 6.13. The summed E-state index contributed by atoms with van der Waals surface area (Å²) in [4.78, 5) is 42.3. The van der Waals surface area contributed by atoms with Gasteiger partial charge in [0.15, 0.2) is 6.10 Å². The number of esters is 2. The molecule has 0 saturated carbocycles. The Labute approximate surface area is 259 Å². The highest BCUT2D eigenvalue weighted by Crippen LogP contribution is 2.35. The van der Waals surface area contributed by atoms with E-state index >= 15 is 0 Å².